The Morgan fingerprint density at radius 2 is 2.07 bits per heavy atom. The number of nitrogens with two attached hydrogens (primary N) is 1. The van der Waals surface area contributed by atoms with Gasteiger partial charge >= 0.3 is 0 Å². The number of aryl methyl sites for hydroxylation is 1. The maximum absolute atomic E-state index is 5.62. The van der Waals surface area contributed by atoms with Gasteiger partial charge in [0.1, 0.15) is 12.4 Å². The van der Waals surface area contributed by atoms with Crippen molar-refractivity contribution in [3.05, 3.63) is 29.8 Å². The molecule has 1 aromatic carbocycles. The van der Waals surface area contributed by atoms with Gasteiger partial charge in [0, 0.05) is 13.6 Å². The first-order valence-electron chi connectivity index (χ1n) is 4.90. The highest BCUT2D eigenvalue weighted by Crippen LogP contribution is 2.17. The quantitative estimate of drug-likeness (QED) is 0.569. The number of hydrazine groups is 1. The van der Waals surface area contributed by atoms with Gasteiger partial charge in [-0.15, -0.1) is 0 Å². The molecule has 0 saturated heterocycles. The Morgan fingerprint density at radius 1 is 1.36 bits per heavy atom. The number of rotatable bonds is 5. The first-order valence-corrected chi connectivity index (χ1v) is 4.90. The van der Waals surface area contributed by atoms with Gasteiger partial charge in [0.25, 0.3) is 0 Å². The maximum Gasteiger partial charge on any atom is 0.122 e. The molecule has 78 valence electrons. The lowest BCUT2D eigenvalue weighted by Crippen LogP contribution is -2.30. The molecule has 0 amide bonds. The van der Waals surface area contributed by atoms with E-state index in [1.165, 1.54) is 5.56 Å². The highest BCUT2D eigenvalue weighted by atomic mass is 16.5. The average Bonchev–Trinajstić information content (AvgIpc) is 2.18. The summed E-state index contributed by atoms with van der Waals surface area (Å²) in [5.41, 5.74) is 1.24. The van der Waals surface area contributed by atoms with Gasteiger partial charge in [0.2, 0.25) is 0 Å². The number of hydrogen-bond donors (Lipinski definition) is 1. The number of likely N-dealkylation sites (N-methyl/N-ethyl adjacent to an activating group) is 1. The zero-order chi connectivity index (χ0) is 10.4. The van der Waals surface area contributed by atoms with Crippen LogP contribution in [-0.2, 0) is 6.42 Å². The number of nitrogens with zero attached hydrogens (tertiary/aromatic N) is 1. The van der Waals surface area contributed by atoms with Crippen LogP contribution in [0, 0.1) is 0 Å². The van der Waals surface area contributed by atoms with E-state index < -0.39 is 0 Å². The van der Waals surface area contributed by atoms with Crippen LogP contribution in [0.2, 0.25) is 0 Å². The molecule has 3 heteroatoms. The van der Waals surface area contributed by atoms with E-state index in [-0.39, 0.29) is 0 Å². The molecule has 14 heavy (non-hydrogen) atoms. The van der Waals surface area contributed by atoms with E-state index in [1.54, 1.807) is 5.01 Å². The van der Waals surface area contributed by atoms with Crippen LogP contribution in [-0.4, -0.2) is 25.2 Å². The van der Waals surface area contributed by atoms with Crippen LogP contribution in [0.4, 0.5) is 0 Å². The fourth-order valence-corrected chi connectivity index (χ4v) is 1.24. The first kappa shape index (κ1) is 11.0. The normalized spacial score (nSPS) is 10.6. The molecule has 0 radical (unpaired) electrons. The van der Waals surface area contributed by atoms with Crippen molar-refractivity contribution in [2.75, 3.05) is 20.2 Å². The van der Waals surface area contributed by atoms with Crippen LogP contribution in [0.1, 0.15) is 12.5 Å². The predicted octanol–water partition coefficient (Wildman–Crippen LogP) is 1.43. The Labute approximate surface area is 85.4 Å². The molecule has 0 saturated carbocycles. The van der Waals surface area contributed by atoms with Gasteiger partial charge in [-0.05, 0) is 18.1 Å². The van der Waals surface area contributed by atoms with Crippen LogP contribution in [0.15, 0.2) is 24.3 Å². The lowest BCUT2D eigenvalue weighted by atomic mass is 10.1. The molecule has 0 atom stereocenters. The van der Waals surface area contributed by atoms with Gasteiger partial charge in [0.05, 0.1) is 0 Å². The van der Waals surface area contributed by atoms with E-state index in [0.29, 0.717) is 6.61 Å². The molecular weight excluding hydrogens is 176 g/mol. The molecule has 0 aliphatic carbocycles. The molecule has 0 bridgehead atoms. The third kappa shape index (κ3) is 3.36. The van der Waals surface area contributed by atoms with Gasteiger partial charge in [-0.25, -0.2) is 5.01 Å². The highest BCUT2D eigenvalue weighted by Gasteiger charge is 2.00. The summed E-state index contributed by atoms with van der Waals surface area (Å²) in [6, 6.07) is 8.10. The van der Waals surface area contributed by atoms with Crippen molar-refractivity contribution < 1.29 is 4.74 Å². The second-order valence-corrected chi connectivity index (χ2v) is 3.29. The zero-order valence-corrected chi connectivity index (χ0v) is 8.86. The minimum Gasteiger partial charge on any atom is -0.492 e. The molecule has 0 unspecified atom stereocenters. The van der Waals surface area contributed by atoms with Crippen LogP contribution in [0.25, 0.3) is 0 Å². The molecule has 1 rings (SSSR count). The Bertz CT molecular complexity index is 274. The Balaban J connectivity index is 2.49. The smallest absolute Gasteiger partial charge is 0.122 e. The standard InChI is InChI=1S/C11H18N2O/c1-3-10-6-4-5-7-11(10)14-9-8-13(2)12/h4-7H,3,8-9,12H2,1-2H3. The molecule has 1 aromatic rings. The van der Waals surface area contributed by atoms with Crippen molar-refractivity contribution in [3.8, 4) is 5.75 Å². The summed E-state index contributed by atoms with van der Waals surface area (Å²) >= 11 is 0. The summed E-state index contributed by atoms with van der Waals surface area (Å²) < 4.78 is 5.62. The van der Waals surface area contributed by atoms with Crippen molar-refractivity contribution in [1.29, 1.82) is 0 Å². The predicted molar refractivity (Wildman–Crippen MR) is 58.1 cm³/mol. The first-order chi connectivity index (χ1) is 6.74. The molecule has 0 aliphatic rings. The number of para-hydroxylation sites is 1. The fourth-order valence-electron chi connectivity index (χ4n) is 1.24. The number of benzene rings is 1. The van der Waals surface area contributed by atoms with Gasteiger partial charge in [-0.1, -0.05) is 25.1 Å². The van der Waals surface area contributed by atoms with Crippen molar-refractivity contribution in [2.24, 2.45) is 5.84 Å². The zero-order valence-electron chi connectivity index (χ0n) is 8.86. The van der Waals surface area contributed by atoms with Crippen molar-refractivity contribution in [3.63, 3.8) is 0 Å². The molecular formula is C11H18N2O. The Kier molecular flexibility index (Phi) is 4.43. The van der Waals surface area contributed by atoms with Gasteiger partial charge < -0.3 is 4.74 Å². The summed E-state index contributed by atoms with van der Waals surface area (Å²) in [5.74, 6) is 6.45. The summed E-state index contributed by atoms with van der Waals surface area (Å²) in [6.07, 6.45) is 0.995. The molecule has 0 spiro atoms. The second-order valence-electron chi connectivity index (χ2n) is 3.29. The van der Waals surface area contributed by atoms with E-state index in [4.69, 9.17) is 10.6 Å². The lowest BCUT2D eigenvalue weighted by molar-refractivity contribution is 0.240. The summed E-state index contributed by atoms with van der Waals surface area (Å²) in [7, 11) is 1.83. The van der Waals surface area contributed by atoms with E-state index >= 15 is 0 Å². The van der Waals surface area contributed by atoms with Crippen LogP contribution in [0.3, 0.4) is 0 Å². The van der Waals surface area contributed by atoms with E-state index in [1.807, 2.05) is 25.2 Å². The molecule has 0 heterocycles. The number of ether oxygens (including phenoxy) is 1. The van der Waals surface area contributed by atoms with Gasteiger partial charge in [-0.2, -0.15) is 0 Å². The third-order valence-corrected chi connectivity index (χ3v) is 2.06. The molecule has 0 aromatic heterocycles. The summed E-state index contributed by atoms with van der Waals surface area (Å²) in [6.45, 7) is 3.49. The lowest BCUT2D eigenvalue weighted by Gasteiger charge is -2.12. The van der Waals surface area contributed by atoms with Crippen LogP contribution >= 0.6 is 0 Å². The molecule has 0 aliphatic heterocycles. The minimum absolute atomic E-state index is 0.629. The summed E-state index contributed by atoms with van der Waals surface area (Å²) in [4.78, 5) is 0. The SMILES string of the molecule is CCc1ccccc1OCCN(C)N. The molecule has 3 nitrogen and oxygen atoms in total. The van der Waals surface area contributed by atoms with Crippen molar-refractivity contribution in [1.82, 2.24) is 5.01 Å². The molecule has 0 fully saturated rings. The Morgan fingerprint density at radius 3 is 2.71 bits per heavy atom. The van der Waals surface area contributed by atoms with Crippen LogP contribution < -0.4 is 10.6 Å². The largest absolute Gasteiger partial charge is 0.492 e. The van der Waals surface area contributed by atoms with Crippen LogP contribution in [0.5, 0.6) is 5.75 Å². The van der Waals surface area contributed by atoms with Crippen molar-refractivity contribution in [2.45, 2.75) is 13.3 Å². The fraction of sp³-hybridized carbons (Fsp3) is 0.455. The monoisotopic (exact) mass is 194 g/mol. The Hall–Kier alpha value is -1.06. The van der Waals surface area contributed by atoms with E-state index in [2.05, 4.69) is 13.0 Å². The minimum atomic E-state index is 0.629. The van der Waals surface area contributed by atoms with Gasteiger partial charge in [-0.3, -0.25) is 5.84 Å². The summed E-state index contributed by atoms with van der Waals surface area (Å²) in [5, 5.41) is 1.62. The third-order valence-electron chi connectivity index (χ3n) is 2.06. The van der Waals surface area contributed by atoms with E-state index in [9.17, 15) is 0 Å². The topological polar surface area (TPSA) is 38.5 Å². The number of hydrogen-bond acceptors (Lipinski definition) is 3. The average molecular weight is 194 g/mol. The second kappa shape index (κ2) is 5.62. The maximum atomic E-state index is 5.62. The van der Waals surface area contributed by atoms with Crippen molar-refractivity contribution >= 4 is 0 Å². The highest BCUT2D eigenvalue weighted by molar-refractivity contribution is 5.33. The van der Waals surface area contributed by atoms with Gasteiger partial charge in [0.15, 0.2) is 0 Å². The molecule has 2 N–H and O–H groups in total. The van der Waals surface area contributed by atoms with E-state index in [0.717, 1.165) is 18.7 Å².